The molecule has 4 nitrogen and oxygen atoms in total. The molecular weight excluding hydrogens is 302 g/mol. The summed E-state index contributed by atoms with van der Waals surface area (Å²) >= 11 is 6.25. The fourth-order valence-corrected chi connectivity index (χ4v) is 3.17. The second kappa shape index (κ2) is 7.63. The molecule has 2 rings (SSSR count). The van der Waals surface area contributed by atoms with Crippen LogP contribution in [-0.2, 0) is 16.0 Å². The summed E-state index contributed by atoms with van der Waals surface area (Å²) in [5, 5.41) is 9.44. The van der Waals surface area contributed by atoms with Gasteiger partial charge in [0.2, 0.25) is 5.91 Å². The first-order valence-corrected chi connectivity index (χ1v) is 8.08. The molecule has 0 aromatic heterocycles. The Morgan fingerprint density at radius 1 is 1.41 bits per heavy atom. The first kappa shape index (κ1) is 16.8. The topological polar surface area (TPSA) is 57.6 Å². The van der Waals surface area contributed by atoms with E-state index < -0.39 is 5.97 Å². The number of carbonyl (C=O) groups excluding carboxylic acids is 1. The fourth-order valence-electron chi connectivity index (χ4n) is 2.97. The average Bonchev–Trinajstić information content (AvgIpc) is 2.50. The van der Waals surface area contributed by atoms with E-state index in [1.807, 2.05) is 30.0 Å². The van der Waals surface area contributed by atoms with Gasteiger partial charge in [-0.25, -0.2) is 0 Å². The summed E-state index contributed by atoms with van der Waals surface area (Å²) in [6.07, 6.45) is 3.08. The number of halogens is 1. The van der Waals surface area contributed by atoms with Gasteiger partial charge in [0.1, 0.15) is 0 Å². The maximum atomic E-state index is 12.5. The van der Waals surface area contributed by atoms with E-state index in [-0.39, 0.29) is 12.3 Å². The highest BCUT2D eigenvalue weighted by Crippen LogP contribution is 2.24. The Kier molecular flexibility index (Phi) is 5.83. The van der Waals surface area contributed by atoms with Gasteiger partial charge in [-0.05, 0) is 43.2 Å². The van der Waals surface area contributed by atoms with E-state index in [1.165, 1.54) is 0 Å². The van der Waals surface area contributed by atoms with Gasteiger partial charge in [0, 0.05) is 24.5 Å². The molecule has 0 aliphatic carbocycles. The lowest BCUT2D eigenvalue weighted by Gasteiger charge is -2.33. The van der Waals surface area contributed by atoms with Crippen LogP contribution in [0.3, 0.4) is 0 Å². The maximum Gasteiger partial charge on any atom is 0.303 e. The van der Waals surface area contributed by atoms with Gasteiger partial charge in [0.15, 0.2) is 0 Å². The van der Waals surface area contributed by atoms with E-state index >= 15 is 0 Å². The van der Waals surface area contributed by atoms with E-state index in [2.05, 4.69) is 0 Å². The van der Waals surface area contributed by atoms with Crippen molar-refractivity contribution in [2.45, 2.75) is 39.0 Å². The number of hydrogen-bond donors (Lipinski definition) is 1. The van der Waals surface area contributed by atoms with Gasteiger partial charge in [-0.1, -0.05) is 29.8 Å². The average molecular weight is 324 g/mol. The van der Waals surface area contributed by atoms with Gasteiger partial charge >= 0.3 is 5.97 Å². The molecular formula is C17H22ClNO3. The van der Waals surface area contributed by atoms with Gasteiger partial charge < -0.3 is 10.0 Å². The van der Waals surface area contributed by atoms with Gasteiger partial charge in [0.25, 0.3) is 0 Å². The summed E-state index contributed by atoms with van der Waals surface area (Å²) in [5.41, 5.74) is 1.84. The molecule has 0 bridgehead atoms. The van der Waals surface area contributed by atoms with Gasteiger partial charge in [-0.3, -0.25) is 9.59 Å². The molecule has 0 radical (unpaired) electrons. The Hall–Kier alpha value is -1.55. The summed E-state index contributed by atoms with van der Waals surface area (Å²) in [5.74, 6) is -0.399. The Bertz CT molecular complexity index is 559. The summed E-state index contributed by atoms with van der Waals surface area (Å²) in [6, 6.07) is 5.73. The minimum atomic E-state index is -0.769. The van der Waals surface area contributed by atoms with E-state index in [0.29, 0.717) is 30.3 Å². The molecule has 1 fully saturated rings. The van der Waals surface area contributed by atoms with Crippen LogP contribution in [0.5, 0.6) is 0 Å². The normalized spacial score (nSPS) is 18.3. The highest BCUT2D eigenvalue weighted by atomic mass is 35.5. The zero-order valence-electron chi connectivity index (χ0n) is 12.8. The maximum absolute atomic E-state index is 12.5. The smallest absolute Gasteiger partial charge is 0.303 e. The molecule has 1 amide bonds. The van der Waals surface area contributed by atoms with Gasteiger partial charge in [-0.15, -0.1) is 0 Å². The first-order chi connectivity index (χ1) is 10.5. The van der Waals surface area contributed by atoms with Crippen LogP contribution in [0.1, 0.15) is 36.8 Å². The molecule has 120 valence electrons. The third kappa shape index (κ3) is 4.47. The Labute approximate surface area is 136 Å². The van der Waals surface area contributed by atoms with Gasteiger partial charge in [-0.2, -0.15) is 0 Å². The van der Waals surface area contributed by atoms with Crippen LogP contribution >= 0.6 is 11.6 Å². The minimum Gasteiger partial charge on any atom is -0.481 e. The van der Waals surface area contributed by atoms with Crippen molar-refractivity contribution >= 4 is 23.5 Å². The van der Waals surface area contributed by atoms with Crippen molar-refractivity contribution in [1.29, 1.82) is 0 Å². The molecule has 1 aromatic carbocycles. The Morgan fingerprint density at radius 3 is 2.91 bits per heavy atom. The number of carboxylic acid groups (broad SMARTS) is 1. The molecule has 1 aliphatic rings. The van der Waals surface area contributed by atoms with Crippen molar-refractivity contribution in [3.8, 4) is 0 Å². The number of likely N-dealkylation sites (tertiary alicyclic amines) is 1. The predicted molar refractivity (Wildman–Crippen MR) is 86.1 cm³/mol. The van der Waals surface area contributed by atoms with Crippen LogP contribution in [0, 0.1) is 12.8 Å². The van der Waals surface area contributed by atoms with Crippen LogP contribution in [0.15, 0.2) is 18.2 Å². The van der Waals surface area contributed by atoms with Crippen molar-refractivity contribution in [3.63, 3.8) is 0 Å². The van der Waals surface area contributed by atoms with Crippen LogP contribution in [-0.4, -0.2) is 35.0 Å². The van der Waals surface area contributed by atoms with E-state index in [9.17, 15) is 9.59 Å². The lowest BCUT2D eigenvalue weighted by atomic mass is 9.93. The third-order valence-corrected chi connectivity index (χ3v) is 4.79. The SMILES string of the molecule is Cc1cccc(CC(=O)N2CCCC(CCC(=O)O)C2)c1Cl. The largest absolute Gasteiger partial charge is 0.481 e. The molecule has 1 aliphatic heterocycles. The standard InChI is InChI=1S/C17H22ClNO3/c1-12-4-2-6-14(17(12)18)10-15(20)19-9-3-5-13(11-19)7-8-16(21)22/h2,4,6,13H,3,5,7-11H2,1H3,(H,21,22). The summed E-state index contributed by atoms with van der Waals surface area (Å²) in [7, 11) is 0. The van der Waals surface area contributed by atoms with E-state index in [4.69, 9.17) is 16.7 Å². The molecule has 1 aromatic rings. The first-order valence-electron chi connectivity index (χ1n) is 7.71. The number of nitrogens with zero attached hydrogens (tertiary/aromatic N) is 1. The zero-order valence-corrected chi connectivity index (χ0v) is 13.6. The number of carbonyl (C=O) groups is 2. The summed E-state index contributed by atoms with van der Waals surface area (Å²) < 4.78 is 0. The number of benzene rings is 1. The molecule has 1 unspecified atom stereocenters. The predicted octanol–water partition coefficient (Wildman–Crippen LogP) is 3.29. The number of carboxylic acids is 1. The third-order valence-electron chi connectivity index (χ3n) is 4.25. The number of amides is 1. The molecule has 0 saturated carbocycles. The molecule has 1 atom stereocenters. The quantitative estimate of drug-likeness (QED) is 0.904. The number of aliphatic carboxylic acids is 1. The highest BCUT2D eigenvalue weighted by molar-refractivity contribution is 6.32. The lowest BCUT2D eigenvalue weighted by Crippen LogP contribution is -2.40. The number of piperidine rings is 1. The molecule has 0 spiro atoms. The van der Waals surface area contributed by atoms with Crippen LogP contribution < -0.4 is 0 Å². The number of hydrogen-bond acceptors (Lipinski definition) is 2. The highest BCUT2D eigenvalue weighted by Gasteiger charge is 2.24. The monoisotopic (exact) mass is 323 g/mol. The number of aryl methyl sites for hydroxylation is 1. The molecule has 1 heterocycles. The fraction of sp³-hybridized carbons (Fsp3) is 0.529. The summed E-state index contributed by atoms with van der Waals surface area (Å²) in [6.45, 7) is 3.35. The molecule has 22 heavy (non-hydrogen) atoms. The Morgan fingerprint density at radius 2 is 2.18 bits per heavy atom. The number of rotatable bonds is 5. The van der Waals surface area contributed by atoms with Crippen molar-refractivity contribution < 1.29 is 14.7 Å². The summed E-state index contributed by atoms with van der Waals surface area (Å²) in [4.78, 5) is 25.0. The van der Waals surface area contributed by atoms with Crippen LogP contribution in [0.25, 0.3) is 0 Å². The lowest BCUT2D eigenvalue weighted by molar-refractivity contribution is -0.137. The second-order valence-corrected chi connectivity index (χ2v) is 6.38. The van der Waals surface area contributed by atoms with Gasteiger partial charge in [0.05, 0.1) is 6.42 Å². The van der Waals surface area contributed by atoms with Crippen molar-refractivity contribution in [3.05, 3.63) is 34.3 Å². The Balaban J connectivity index is 1.94. The molecule has 5 heteroatoms. The van der Waals surface area contributed by atoms with Crippen molar-refractivity contribution in [1.82, 2.24) is 4.90 Å². The van der Waals surface area contributed by atoms with Crippen molar-refractivity contribution in [2.75, 3.05) is 13.1 Å². The zero-order chi connectivity index (χ0) is 16.1. The minimum absolute atomic E-state index is 0.0764. The van der Waals surface area contributed by atoms with Crippen LogP contribution in [0.4, 0.5) is 0 Å². The van der Waals surface area contributed by atoms with E-state index in [1.54, 1.807) is 0 Å². The second-order valence-electron chi connectivity index (χ2n) is 6.01. The van der Waals surface area contributed by atoms with Crippen molar-refractivity contribution in [2.24, 2.45) is 5.92 Å². The molecule has 1 saturated heterocycles. The molecule has 1 N–H and O–H groups in total. The van der Waals surface area contributed by atoms with E-state index in [0.717, 1.165) is 30.5 Å². The van der Waals surface area contributed by atoms with Crippen LogP contribution in [0.2, 0.25) is 5.02 Å².